The Kier molecular flexibility index (Phi) is 4.76. The Morgan fingerprint density at radius 3 is 1.39 bits per heavy atom. The van der Waals surface area contributed by atoms with E-state index in [0.717, 1.165) is 10.8 Å². The van der Waals surface area contributed by atoms with Gasteiger partial charge >= 0.3 is 11.9 Å². The van der Waals surface area contributed by atoms with Gasteiger partial charge in [0.05, 0.1) is 11.1 Å². The number of benzene rings is 2. The molecular formula is C22H14N2O4. The number of aromatic nitrogens is 2. The summed E-state index contributed by atoms with van der Waals surface area (Å²) in [5.41, 5.74) is 0.684. The highest BCUT2D eigenvalue weighted by Crippen LogP contribution is 2.33. The first-order chi connectivity index (χ1) is 13.7. The smallest absolute Gasteiger partial charge is 0.343 e. The Labute approximate surface area is 160 Å². The van der Waals surface area contributed by atoms with Gasteiger partial charge in [0.15, 0.2) is 11.5 Å². The van der Waals surface area contributed by atoms with Crippen molar-refractivity contribution < 1.29 is 19.1 Å². The van der Waals surface area contributed by atoms with Gasteiger partial charge in [0, 0.05) is 24.8 Å². The van der Waals surface area contributed by atoms with Crippen LogP contribution >= 0.6 is 0 Å². The zero-order valence-electron chi connectivity index (χ0n) is 14.6. The maximum Gasteiger partial charge on any atom is 0.343 e. The summed E-state index contributed by atoms with van der Waals surface area (Å²) in [6, 6.07) is 17.0. The zero-order chi connectivity index (χ0) is 19.3. The van der Waals surface area contributed by atoms with Gasteiger partial charge < -0.3 is 9.47 Å². The molecular weight excluding hydrogens is 356 g/mol. The molecule has 28 heavy (non-hydrogen) atoms. The summed E-state index contributed by atoms with van der Waals surface area (Å²) >= 11 is 0. The van der Waals surface area contributed by atoms with Crippen LogP contribution in [-0.2, 0) is 0 Å². The average molecular weight is 370 g/mol. The summed E-state index contributed by atoms with van der Waals surface area (Å²) in [7, 11) is 0. The normalized spacial score (nSPS) is 10.4. The molecule has 0 amide bonds. The molecule has 0 aliphatic heterocycles. The Hall–Kier alpha value is -4.06. The summed E-state index contributed by atoms with van der Waals surface area (Å²) in [5, 5.41) is 1.70. The van der Waals surface area contributed by atoms with Gasteiger partial charge in [-0.15, -0.1) is 0 Å². The lowest BCUT2D eigenvalue weighted by Crippen LogP contribution is -2.12. The number of carbonyl (C=O) groups excluding carboxylic acids is 2. The van der Waals surface area contributed by atoms with Crippen molar-refractivity contribution in [1.82, 2.24) is 9.97 Å². The van der Waals surface area contributed by atoms with Gasteiger partial charge in [0.1, 0.15) is 0 Å². The van der Waals surface area contributed by atoms with E-state index in [-0.39, 0.29) is 11.5 Å². The first-order valence-corrected chi connectivity index (χ1v) is 8.48. The lowest BCUT2D eigenvalue weighted by atomic mass is 10.1. The quantitative estimate of drug-likeness (QED) is 0.398. The molecule has 0 bridgehead atoms. The fraction of sp³-hybridized carbons (Fsp3) is 0. The molecule has 0 aliphatic rings. The van der Waals surface area contributed by atoms with Crippen LogP contribution < -0.4 is 9.47 Å². The van der Waals surface area contributed by atoms with Gasteiger partial charge in [-0.1, -0.05) is 24.3 Å². The van der Waals surface area contributed by atoms with Crippen LogP contribution in [0.25, 0.3) is 10.8 Å². The van der Waals surface area contributed by atoms with Crippen molar-refractivity contribution in [2.45, 2.75) is 0 Å². The topological polar surface area (TPSA) is 78.4 Å². The Balaban J connectivity index is 1.70. The van der Waals surface area contributed by atoms with Crippen molar-refractivity contribution in [1.29, 1.82) is 0 Å². The number of carbonyl (C=O) groups is 2. The van der Waals surface area contributed by atoms with E-state index in [2.05, 4.69) is 9.97 Å². The van der Waals surface area contributed by atoms with Crippen LogP contribution in [0.4, 0.5) is 0 Å². The molecule has 0 N–H and O–H groups in total. The highest BCUT2D eigenvalue weighted by atomic mass is 16.6. The Morgan fingerprint density at radius 2 is 1.00 bits per heavy atom. The zero-order valence-corrected chi connectivity index (χ0v) is 14.6. The highest BCUT2D eigenvalue weighted by molar-refractivity contribution is 5.95. The van der Waals surface area contributed by atoms with Gasteiger partial charge in [-0.05, 0) is 47.2 Å². The van der Waals surface area contributed by atoms with Gasteiger partial charge in [0.2, 0.25) is 0 Å². The molecule has 6 nitrogen and oxygen atoms in total. The van der Waals surface area contributed by atoms with Gasteiger partial charge in [-0.25, -0.2) is 9.59 Å². The summed E-state index contributed by atoms with van der Waals surface area (Å²) in [6.45, 7) is 0. The monoisotopic (exact) mass is 370 g/mol. The fourth-order valence-corrected chi connectivity index (χ4v) is 2.65. The third kappa shape index (κ3) is 3.71. The third-order valence-corrected chi connectivity index (χ3v) is 4.05. The van der Waals surface area contributed by atoms with Gasteiger partial charge in [0.25, 0.3) is 0 Å². The molecule has 6 heteroatoms. The minimum absolute atomic E-state index is 0.155. The predicted octanol–water partition coefficient (Wildman–Crippen LogP) is 4.07. The van der Waals surface area contributed by atoms with Crippen molar-refractivity contribution in [3.05, 3.63) is 96.6 Å². The number of rotatable bonds is 4. The van der Waals surface area contributed by atoms with E-state index in [1.165, 1.54) is 24.8 Å². The average Bonchev–Trinajstić information content (AvgIpc) is 2.75. The SMILES string of the molecule is O=C(Oc1cc2ccccc2cc1OC(=O)c1ccncc1)c1ccncc1. The lowest BCUT2D eigenvalue weighted by molar-refractivity contribution is 0.0682. The molecule has 0 saturated carbocycles. The Morgan fingerprint density at radius 1 is 0.607 bits per heavy atom. The summed E-state index contributed by atoms with van der Waals surface area (Å²) < 4.78 is 11.0. The number of ether oxygens (including phenoxy) is 2. The second kappa shape index (κ2) is 7.67. The molecule has 0 aliphatic carbocycles. The first kappa shape index (κ1) is 17.4. The van der Waals surface area contributed by atoms with Crippen LogP contribution in [0, 0.1) is 0 Å². The summed E-state index contributed by atoms with van der Waals surface area (Å²) in [5.74, 6) is -0.830. The van der Waals surface area contributed by atoms with E-state index in [1.54, 1.807) is 36.4 Å². The lowest BCUT2D eigenvalue weighted by Gasteiger charge is -2.12. The molecule has 2 aromatic carbocycles. The molecule has 0 radical (unpaired) electrons. The number of nitrogens with zero attached hydrogens (tertiary/aromatic N) is 2. The van der Waals surface area contributed by atoms with Crippen LogP contribution in [0.2, 0.25) is 0 Å². The third-order valence-electron chi connectivity index (χ3n) is 4.05. The number of pyridine rings is 2. The largest absolute Gasteiger partial charge is 0.419 e. The van der Waals surface area contributed by atoms with Crippen LogP contribution in [0.15, 0.2) is 85.5 Å². The van der Waals surface area contributed by atoms with E-state index in [4.69, 9.17) is 9.47 Å². The van der Waals surface area contributed by atoms with Crippen LogP contribution in [0.5, 0.6) is 11.5 Å². The van der Waals surface area contributed by atoms with E-state index >= 15 is 0 Å². The number of fused-ring (bicyclic) bond motifs is 1. The van der Waals surface area contributed by atoms with Crippen molar-refractivity contribution >= 4 is 22.7 Å². The van der Waals surface area contributed by atoms with Crippen molar-refractivity contribution in [3.63, 3.8) is 0 Å². The van der Waals surface area contributed by atoms with Crippen molar-refractivity contribution in [2.75, 3.05) is 0 Å². The molecule has 0 spiro atoms. The van der Waals surface area contributed by atoms with E-state index in [1.807, 2.05) is 24.3 Å². The molecule has 4 rings (SSSR count). The maximum atomic E-state index is 12.5. The molecule has 136 valence electrons. The van der Waals surface area contributed by atoms with Gasteiger partial charge in [-0.2, -0.15) is 0 Å². The van der Waals surface area contributed by atoms with Crippen molar-refractivity contribution in [2.24, 2.45) is 0 Å². The second-order valence-electron chi connectivity index (χ2n) is 5.90. The van der Waals surface area contributed by atoms with Crippen LogP contribution in [0.1, 0.15) is 20.7 Å². The fourth-order valence-electron chi connectivity index (χ4n) is 2.65. The molecule has 4 aromatic rings. The second-order valence-corrected chi connectivity index (χ2v) is 5.90. The van der Waals surface area contributed by atoms with E-state index in [9.17, 15) is 9.59 Å². The van der Waals surface area contributed by atoms with E-state index in [0.29, 0.717) is 11.1 Å². The van der Waals surface area contributed by atoms with Crippen LogP contribution in [-0.4, -0.2) is 21.9 Å². The maximum absolute atomic E-state index is 12.5. The first-order valence-electron chi connectivity index (χ1n) is 8.48. The summed E-state index contributed by atoms with van der Waals surface area (Å²) in [6.07, 6.45) is 6.01. The Bertz CT molecular complexity index is 1050. The summed E-state index contributed by atoms with van der Waals surface area (Å²) in [4.78, 5) is 32.7. The van der Waals surface area contributed by atoms with Crippen molar-refractivity contribution in [3.8, 4) is 11.5 Å². The number of esters is 2. The standard InChI is InChI=1S/C22H14N2O4/c25-21(15-5-9-23-10-6-15)27-19-13-17-3-1-2-4-18(17)14-20(19)28-22(26)16-7-11-24-12-8-16/h1-14H. The molecule has 2 aromatic heterocycles. The number of hydrogen-bond donors (Lipinski definition) is 0. The number of hydrogen-bond acceptors (Lipinski definition) is 6. The van der Waals surface area contributed by atoms with E-state index < -0.39 is 11.9 Å². The molecule has 0 saturated heterocycles. The molecule has 0 unspecified atom stereocenters. The predicted molar refractivity (Wildman–Crippen MR) is 102 cm³/mol. The highest BCUT2D eigenvalue weighted by Gasteiger charge is 2.17. The van der Waals surface area contributed by atoms with Crippen LogP contribution in [0.3, 0.4) is 0 Å². The minimum Gasteiger partial charge on any atom is -0.419 e. The molecule has 2 heterocycles. The minimum atomic E-state index is -0.570. The van der Waals surface area contributed by atoms with Gasteiger partial charge in [-0.3, -0.25) is 9.97 Å². The molecule has 0 fully saturated rings. The molecule has 0 atom stereocenters.